The lowest BCUT2D eigenvalue weighted by Crippen LogP contribution is -2.39. The minimum atomic E-state index is -0.806. The van der Waals surface area contributed by atoms with Crippen LogP contribution in [0.1, 0.15) is 24.9 Å². The summed E-state index contributed by atoms with van der Waals surface area (Å²) in [6, 6.07) is 25.0. The topological polar surface area (TPSA) is 32.7 Å². The van der Waals surface area contributed by atoms with Crippen molar-refractivity contribution in [3.05, 3.63) is 78.4 Å². The van der Waals surface area contributed by atoms with E-state index in [1.54, 1.807) is 0 Å². The van der Waals surface area contributed by atoms with Crippen LogP contribution in [0.2, 0.25) is 0 Å². The molecule has 0 spiro atoms. The van der Waals surface area contributed by atoms with Gasteiger partial charge in [0.1, 0.15) is 18.0 Å². The van der Waals surface area contributed by atoms with Crippen LogP contribution in [0.3, 0.4) is 0 Å². The predicted octanol–water partition coefficient (Wildman–Crippen LogP) is 4.42. The zero-order valence-electron chi connectivity index (χ0n) is 15.1. The van der Waals surface area contributed by atoms with Crippen molar-refractivity contribution >= 4 is 10.8 Å². The van der Waals surface area contributed by atoms with Crippen molar-refractivity contribution in [2.24, 2.45) is 0 Å². The molecule has 134 valence electrons. The van der Waals surface area contributed by atoms with E-state index in [9.17, 15) is 5.11 Å². The van der Waals surface area contributed by atoms with Crippen molar-refractivity contribution in [3.8, 4) is 5.75 Å². The number of fused-ring (bicyclic) bond motifs is 1. The second-order valence-corrected chi connectivity index (χ2v) is 7.30. The van der Waals surface area contributed by atoms with Gasteiger partial charge < -0.3 is 9.84 Å². The van der Waals surface area contributed by atoms with Gasteiger partial charge in [-0.05, 0) is 30.4 Å². The van der Waals surface area contributed by atoms with Gasteiger partial charge in [0.25, 0.3) is 0 Å². The fraction of sp³-hybridized carbons (Fsp3) is 0.304. The van der Waals surface area contributed by atoms with Gasteiger partial charge in [0.2, 0.25) is 0 Å². The number of benzene rings is 3. The molecule has 0 radical (unpaired) electrons. The van der Waals surface area contributed by atoms with Crippen molar-refractivity contribution in [1.29, 1.82) is 0 Å². The number of ether oxygens (including phenoxy) is 1. The van der Waals surface area contributed by atoms with Crippen LogP contribution in [0.4, 0.5) is 0 Å². The lowest BCUT2D eigenvalue weighted by Gasteiger charge is -2.27. The van der Waals surface area contributed by atoms with E-state index in [0.29, 0.717) is 19.2 Å². The van der Waals surface area contributed by atoms with Crippen LogP contribution < -0.4 is 4.74 Å². The first-order valence-corrected chi connectivity index (χ1v) is 9.27. The standard InChI is InChI=1S/C23H25NO2/c1-18(19-8-3-2-4-9-19)24-15-14-23(25,16-24)17-26-22-13-7-11-20-10-5-6-12-21(20)22/h2-13,18,25H,14-17H2,1H3. The van der Waals surface area contributed by atoms with Crippen molar-refractivity contribution in [2.45, 2.75) is 25.0 Å². The highest BCUT2D eigenvalue weighted by atomic mass is 16.5. The van der Waals surface area contributed by atoms with Crippen molar-refractivity contribution in [1.82, 2.24) is 4.90 Å². The minimum Gasteiger partial charge on any atom is -0.490 e. The summed E-state index contributed by atoms with van der Waals surface area (Å²) in [4.78, 5) is 2.34. The van der Waals surface area contributed by atoms with Gasteiger partial charge in [0, 0.05) is 24.5 Å². The van der Waals surface area contributed by atoms with Gasteiger partial charge in [0.15, 0.2) is 0 Å². The molecule has 0 saturated carbocycles. The smallest absolute Gasteiger partial charge is 0.127 e. The average molecular weight is 347 g/mol. The van der Waals surface area contributed by atoms with Gasteiger partial charge in [-0.15, -0.1) is 0 Å². The zero-order valence-corrected chi connectivity index (χ0v) is 15.1. The van der Waals surface area contributed by atoms with E-state index in [-0.39, 0.29) is 0 Å². The fourth-order valence-electron chi connectivity index (χ4n) is 3.81. The summed E-state index contributed by atoms with van der Waals surface area (Å²) in [6.45, 7) is 4.03. The molecule has 2 atom stereocenters. The van der Waals surface area contributed by atoms with Gasteiger partial charge in [-0.2, -0.15) is 0 Å². The number of rotatable bonds is 5. The number of likely N-dealkylation sites (tertiary alicyclic amines) is 1. The van der Waals surface area contributed by atoms with Gasteiger partial charge in [-0.3, -0.25) is 4.90 Å². The molecule has 0 aliphatic carbocycles. The SMILES string of the molecule is CC(c1ccccc1)N1CCC(O)(COc2cccc3ccccc23)C1. The molecule has 1 aliphatic rings. The second-order valence-electron chi connectivity index (χ2n) is 7.30. The Morgan fingerprint density at radius 3 is 2.58 bits per heavy atom. The summed E-state index contributed by atoms with van der Waals surface area (Å²) in [5.41, 5.74) is 0.478. The third-order valence-electron chi connectivity index (χ3n) is 5.44. The van der Waals surface area contributed by atoms with Gasteiger partial charge in [-0.25, -0.2) is 0 Å². The third-order valence-corrected chi connectivity index (χ3v) is 5.44. The maximum Gasteiger partial charge on any atom is 0.127 e. The molecule has 1 aliphatic heterocycles. The van der Waals surface area contributed by atoms with Crippen molar-refractivity contribution < 1.29 is 9.84 Å². The Morgan fingerprint density at radius 2 is 1.73 bits per heavy atom. The molecular formula is C23H25NO2. The van der Waals surface area contributed by atoms with Crippen LogP contribution in [0.15, 0.2) is 72.8 Å². The normalized spacial score (nSPS) is 21.8. The zero-order chi connectivity index (χ0) is 18.0. The van der Waals surface area contributed by atoms with Gasteiger partial charge in [0.05, 0.1) is 0 Å². The molecular weight excluding hydrogens is 322 g/mol. The molecule has 3 aromatic rings. The van der Waals surface area contributed by atoms with Crippen LogP contribution >= 0.6 is 0 Å². The maximum absolute atomic E-state index is 11.0. The monoisotopic (exact) mass is 347 g/mol. The fourth-order valence-corrected chi connectivity index (χ4v) is 3.81. The van der Waals surface area contributed by atoms with Crippen LogP contribution in [-0.2, 0) is 0 Å². The number of hydrogen-bond acceptors (Lipinski definition) is 3. The Labute approximate surface area is 154 Å². The number of β-amino-alcohol motifs (C(OH)–C–C–N with tert-alkyl or cyclic N) is 1. The highest BCUT2D eigenvalue weighted by Crippen LogP contribution is 2.31. The highest BCUT2D eigenvalue weighted by Gasteiger charge is 2.39. The molecule has 1 saturated heterocycles. The molecule has 0 aromatic heterocycles. The van der Waals surface area contributed by atoms with Crippen LogP contribution in [0, 0.1) is 0 Å². The molecule has 0 bridgehead atoms. The predicted molar refractivity (Wildman–Crippen MR) is 105 cm³/mol. The molecule has 1 N–H and O–H groups in total. The van der Waals surface area contributed by atoms with Crippen molar-refractivity contribution in [3.63, 3.8) is 0 Å². The molecule has 4 rings (SSSR count). The molecule has 0 amide bonds. The Balaban J connectivity index is 1.44. The summed E-state index contributed by atoms with van der Waals surface area (Å²) >= 11 is 0. The number of nitrogens with zero attached hydrogens (tertiary/aromatic N) is 1. The molecule has 3 nitrogen and oxygen atoms in total. The molecule has 3 aromatic carbocycles. The lowest BCUT2D eigenvalue weighted by atomic mass is 10.0. The largest absolute Gasteiger partial charge is 0.490 e. The Morgan fingerprint density at radius 1 is 1.00 bits per heavy atom. The van der Waals surface area contributed by atoms with E-state index < -0.39 is 5.60 Å². The first kappa shape index (κ1) is 17.1. The third kappa shape index (κ3) is 3.46. The van der Waals surface area contributed by atoms with E-state index in [1.165, 1.54) is 5.56 Å². The summed E-state index contributed by atoms with van der Waals surface area (Å²) in [5.74, 6) is 0.839. The average Bonchev–Trinajstić information content (AvgIpc) is 3.09. The Hall–Kier alpha value is -2.36. The summed E-state index contributed by atoms with van der Waals surface area (Å²) in [5, 5.41) is 13.3. The Bertz CT molecular complexity index is 874. The first-order chi connectivity index (χ1) is 12.6. The molecule has 1 fully saturated rings. The summed E-state index contributed by atoms with van der Waals surface area (Å²) in [6.07, 6.45) is 0.731. The maximum atomic E-state index is 11.0. The van der Waals surface area contributed by atoms with E-state index in [2.05, 4.69) is 54.3 Å². The highest BCUT2D eigenvalue weighted by molar-refractivity contribution is 5.88. The summed E-state index contributed by atoms with van der Waals surface area (Å²) in [7, 11) is 0. The number of aliphatic hydroxyl groups is 1. The first-order valence-electron chi connectivity index (χ1n) is 9.27. The summed E-state index contributed by atoms with van der Waals surface area (Å²) < 4.78 is 6.06. The van der Waals surface area contributed by atoms with Crippen LogP contribution in [0.25, 0.3) is 10.8 Å². The van der Waals surface area contributed by atoms with E-state index >= 15 is 0 Å². The Kier molecular flexibility index (Phi) is 4.66. The molecule has 3 heteroatoms. The minimum absolute atomic E-state index is 0.294. The number of hydrogen-bond donors (Lipinski definition) is 1. The van der Waals surface area contributed by atoms with Crippen LogP contribution in [0.5, 0.6) is 5.75 Å². The molecule has 1 heterocycles. The second kappa shape index (κ2) is 7.10. The van der Waals surface area contributed by atoms with E-state index in [1.807, 2.05) is 30.3 Å². The van der Waals surface area contributed by atoms with Crippen molar-refractivity contribution in [2.75, 3.05) is 19.7 Å². The van der Waals surface area contributed by atoms with Gasteiger partial charge >= 0.3 is 0 Å². The van der Waals surface area contributed by atoms with Gasteiger partial charge in [-0.1, -0.05) is 66.7 Å². The van der Waals surface area contributed by atoms with Crippen LogP contribution in [-0.4, -0.2) is 35.3 Å². The molecule has 26 heavy (non-hydrogen) atoms. The van der Waals surface area contributed by atoms with E-state index in [4.69, 9.17) is 4.74 Å². The quantitative estimate of drug-likeness (QED) is 0.742. The van der Waals surface area contributed by atoms with E-state index in [0.717, 1.165) is 29.5 Å². The lowest BCUT2D eigenvalue weighted by molar-refractivity contribution is 0.00141. The molecule has 2 unspecified atom stereocenters.